The third kappa shape index (κ3) is 4.82. The lowest BCUT2D eigenvalue weighted by Gasteiger charge is -2.32. The standard InChI is InChI=1S/C29H29N7O/c37-29(31-15-14-22-19-32-25-11-5-4-10-24(22)25)23-9-6-17-35(20-23)26-12-13-27(34-33-26)36-18-16-30-28(36)21-7-2-1-3-8-21/h1-5,7-8,10-13,16,18-19,23,32H,6,9,14-15,17,20H2,(H,31,37). The van der Waals surface area contributed by atoms with Crippen LogP contribution in [0.1, 0.15) is 18.4 Å². The van der Waals surface area contributed by atoms with Gasteiger partial charge >= 0.3 is 0 Å². The summed E-state index contributed by atoms with van der Waals surface area (Å²) in [5.41, 5.74) is 3.38. The number of imidazole rings is 1. The number of aromatic amines is 1. The number of carbonyl (C=O) groups excluding carboxylic acids is 1. The maximum atomic E-state index is 13.0. The van der Waals surface area contributed by atoms with Crippen LogP contribution in [-0.4, -0.2) is 50.3 Å². The van der Waals surface area contributed by atoms with Gasteiger partial charge < -0.3 is 15.2 Å². The fourth-order valence-corrected chi connectivity index (χ4v) is 5.11. The number of rotatable bonds is 7. The zero-order valence-corrected chi connectivity index (χ0v) is 20.5. The van der Waals surface area contributed by atoms with Crippen molar-refractivity contribution in [3.63, 3.8) is 0 Å². The van der Waals surface area contributed by atoms with Crippen LogP contribution in [0.15, 0.2) is 85.3 Å². The first-order valence-electron chi connectivity index (χ1n) is 12.8. The van der Waals surface area contributed by atoms with Crippen molar-refractivity contribution in [2.45, 2.75) is 19.3 Å². The number of hydrogen-bond acceptors (Lipinski definition) is 5. The summed E-state index contributed by atoms with van der Waals surface area (Å²) in [4.78, 5) is 22.9. The lowest BCUT2D eigenvalue weighted by Crippen LogP contribution is -2.43. The number of para-hydroxylation sites is 1. The Balaban J connectivity index is 1.08. The molecule has 0 bridgehead atoms. The van der Waals surface area contributed by atoms with Gasteiger partial charge in [-0.05, 0) is 43.0 Å². The first-order valence-corrected chi connectivity index (χ1v) is 12.8. The molecule has 3 aromatic heterocycles. The topological polar surface area (TPSA) is 91.7 Å². The van der Waals surface area contributed by atoms with Gasteiger partial charge in [0.1, 0.15) is 5.82 Å². The minimum Gasteiger partial charge on any atom is -0.361 e. The number of fused-ring (bicyclic) bond motifs is 1. The van der Waals surface area contributed by atoms with Crippen LogP contribution in [0.25, 0.3) is 28.1 Å². The second-order valence-corrected chi connectivity index (χ2v) is 9.42. The molecule has 0 saturated carbocycles. The van der Waals surface area contributed by atoms with Crippen molar-refractivity contribution in [2.24, 2.45) is 5.92 Å². The third-order valence-corrected chi connectivity index (χ3v) is 7.04. The van der Waals surface area contributed by atoms with E-state index in [2.05, 4.69) is 42.5 Å². The first kappa shape index (κ1) is 23.0. The van der Waals surface area contributed by atoms with Gasteiger partial charge in [-0.2, -0.15) is 0 Å². The third-order valence-electron chi connectivity index (χ3n) is 7.04. The molecule has 8 nitrogen and oxygen atoms in total. The summed E-state index contributed by atoms with van der Waals surface area (Å²) in [7, 11) is 0. The highest BCUT2D eigenvalue weighted by Crippen LogP contribution is 2.24. The molecule has 2 aromatic carbocycles. The van der Waals surface area contributed by atoms with Crippen LogP contribution in [0.4, 0.5) is 5.82 Å². The Kier molecular flexibility index (Phi) is 6.37. The summed E-state index contributed by atoms with van der Waals surface area (Å²) < 4.78 is 1.94. The molecule has 0 aliphatic carbocycles. The molecule has 0 spiro atoms. The molecule has 4 heterocycles. The minimum atomic E-state index is -0.0588. The Bertz CT molecular complexity index is 1490. The Morgan fingerprint density at radius 1 is 1.00 bits per heavy atom. The van der Waals surface area contributed by atoms with Gasteiger partial charge in [-0.3, -0.25) is 9.36 Å². The number of H-pyrrole nitrogens is 1. The number of nitrogens with zero attached hydrogens (tertiary/aromatic N) is 5. The van der Waals surface area contributed by atoms with Crippen molar-refractivity contribution in [1.29, 1.82) is 0 Å². The summed E-state index contributed by atoms with van der Waals surface area (Å²) >= 11 is 0. The van der Waals surface area contributed by atoms with Crippen LogP contribution in [-0.2, 0) is 11.2 Å². The molecule has 1 aliphatic rings. The van der Waals surface area contributed by atoms with E-state index in [0.717, 1.165) is 48.5 Å². The molecule has 1 fully saturated rings. The molecule has 1 atom stereocenters. The monoisotopic (exact) mass is 491 g/mol. The molecule has 186 valence electrons. The number of hydrogen-bond donors (Lipinski definition) is 2. The van der Waals surface area contributed by atoms with Crippen molar-refractivity contribution < 1.29 is 4.79 Å². The van der Waals surface area contributed by atoms with Crippen molar-refractivity contribution in [3.8, 4) is 17.2 Å². The first-order chi connectivity index (χ1) is 18.3. The van der Waals surface area contributed by atoms with Gasteiger partial charge in [0.15, 0.2) is 11.6 Å². The van der Waals surface area contributed by atoms with E-state index in [9.17, 15) is 4.79 Å². The van der Waals surface area contributed by atoms with Gasteiger partial charge in [0.05, 0.1) is 5.92 Å². The molecule has 1 saturated heterocycles. The van der Waals surface area contributed by atoms with E-state index in [1.807, 2.05) is 71.6 Å². The molecule has 6 rings (SSSR count). The molecule has 0 radical (unpaired) electrons. The Hall–Kier alpha value is -4.46. The van der Waals surface area contributed by atoms with E-state index in [-0.39, 0.29) is 11.8 Å². The zero-order chi connectivity index (χ0) is 25.0. The van der Waals surface area contributed by atoms with Gasteiger partial charge in [0.2, 0.25) is 5.91 Å². The average molecular weight is 492 g/mol. The highest BCUT2D eigenvalue weighted by molar-refractivity contribution is 5.83. The van der Waals surface area contributed by atoms with Crippen LogP contribution in [0.5, 0.6) is 0 Å². The van der Waals surface area contributed by atoms with Gasteiger partial charge in [0.25, 0.3) is 0 Å². The van der Waals surface area contributed by atoms with Gasteiger partial charge in [-0.15, -0.1) is 10.2 Å². The molecule has 1 unspecified atom stereocenters. The van der Waals surface area contributed by atoms with Crippen LogP contribution in [0, 0.1) is 5.92 Å². The number of piperidine rings is 1. The van der Waals surface area contributed by atoms with E-state index in [1.54, 1.807) is 6.20 Å². The molecular weight excluding hydrogens is 462 g/mol. The fourth-order valence-electron chi connectivity index (χ4n) is 5.11. The van der Waals surface area contributed by atoms with Gasteiger partial charge in [-0.1, -0.05) is 48.5 Å². The predicted octanol–water partition coefficient (Wildman–Crippen LogP) is 4.39. The largest absolute Gasteiger partial charge is 0.361 e. The SMILES string of the molecule is O=C(NCCc1c[nH]c2ccccc12)C1CCCN(c2ccc(-n3ccnc3-c3ccccc3)nn2)C1. The molecule has 8 heteroatoms. The second-order valence-electron chi connectivity index (χ2n) is 9.42. The molecule has 2 N–H and O–H groups in total. The highest BCUT2D eigenvalue weighted by Gasteiger charge is 2.26. The minimum absolute atomic E-state index is 0.0588. The van der Waals surface area contributed by atoms with E-state index < -0.39 is 0 Å². The lowest BCUT2D eigenvalue weighted by atomic mass is 9.97. The summed E-state index contributed by atoms with van der Waals surface area (Å²) in [6.45, 7) is 2.14. The Morgan fingerprint density at radius 3 is 2.68 bits per heavy atom. The van der Waals surface area contributed by atoms with E-state index in [0.29, 0.717) is 18.9 Å². The Labute approximate surface area is 215 Å². The van der Waals surface area contributed by atoms with E-state index >= 15 is 0 Å². The number of amides is 1. The highest BCUT2D eigenvalue weighted by atomic mass is 16.1. The maximum absolute atomic E-state index is 13.0. The summed E-state index contributed by atoms with van der Waals surface area (Å²) in [6.07, 6.45) is 8.33. The van der Waals surface area contributed by atoms with Gasteiger partial charge in [-0.25, -0.2) is 4.98 Å². The van der Waals surface area contributed by atoms with Crippen molar-refractivity contribution in [3.05, 3.63) is 90.9 Å². The summed E-state index contributed by atoms with van der Waals surface area (Å²) in [5.74, 6) is 2.38. The zero-order valence-electron chi connectivity index (χ0n) is 20.5. The lowest BCUT2D eigenvalue weighted by molar-refractivity contribution is -0.125. The number of carbonyl (C=O) groups is 1. The summed E-state index contributed by atoms with van der Waals surface area (Å²) in [5, 5.41) is 13.4. The van der Waals surface area contributed by atoms with E-state index in [4.69, 9.17) is 0 Å². The summed E-state index contributed by atoms with van der Waals surface area (Å²) in [6, 6.07) is 22.2. The second kappa shape index (κ2) is 10.3. The van der Waals surface area contributed by atoms with Crippen LogP contribution in [0.2, 0.25) is 0 Å². The normalized spacial score (nSPS) is 15.7. The van der Waals surface area contributed by atoms with Crippen molar-refractivity contribution in [2.75, 3.05) is 24.5 Å². The van der Waals surface area contributed by atoms with Crippen molar-refractivity contribution in [1.82, 2.24) is 30.0 Å². The number of aromatic nitrogens is 5. The van der Waals surface area contributed by atoms with Crippen molar-refractivity contribution >= 4 is 22.6 Å². The molecule has 5 aromatic rings. The molecule has 1 amide bonds. The maximum Gasteiger partial charge on any atom is 0.224 e. The predicted molar refractivity (Wildman–Crippen MR) is 145 cm³/mol. The van der Waals surface area contributed by atoms with Crippen LogP contribution < -0.4 is 10.2 Å². The molecular formula is C29H29N7O. The number of anilines is 1. The fraction of sp³-hybridized carbons (Fsp3) is 0.241. The molecule has 37 heavy (non-hydrogen) atoms. The van der Waals surface area contributed by atoms with E-state index in [1.165, 1.54) is 10.9 Å². The quantitative estimate of drug-likeness (QED) is 0.352. The van der Waals surface area contributed by atoms with Gasteiger partial charge in [0, 0.05) is 54.7 Å². The number of benzene rings is 2. The van der Waals surface area contributed by atoms with Crippen LogP contribution in [0.3, 0.4) is 0 Å². The smallest absolute Gasteiger partial charge is 0.224 e. The number of nitrogens with one attached hydrogen (secondary N) is 2. The Morgan fingerprint density at radius 2 is 1.81 bits per heavy atom. The van der Waals surface area contributed by atoms with Crippen LogP contribution >= 0.6 is 0 Å². The molecule has 1 aliphatic heterocycles. The average Bonchev–Trinajstić information content (AvgIpc) is 3.62.